The fourth-order valence-corrected chi connectivity index (χ4v) is 3.19. The Morgan fingerprint density at radius 2 is 1.37 bits per heavy atom. The summed E-state index contributed by atoms with van der Waals surface area (Å²) >= 11 is 0. The Kier molecular flexibility index (Phi) is 4.41. The molecule has 0 spiro atoms. The van der Waals surface area contributed by atoms with E-state index in [1.807, 2.05) is 36.5 Å². The van der Waals surface area contributed by atoms with Crippen LogP contribution in [0.5, 0.6) is 0 Å². The van der Waals surface area contributed by atoms with E-state index in [2.05, 4.69) is 69.1 Å². The minimum atomic E-state index is -0.362. The molecule has 0 atom stereocenters. The van der Waals surface area contributed by atoms with Crippen molar-refractivity contribution in [1.82, 2.24) is 4.98 Å². The van der Waals surface area contributed by atoms with E-state index in [-0.39, 0.29) is 18.3 Å². The molecule has 0 unspecified atom stereocenters. The predicted octanol–water partition coefficient (Wildman–Crippen LogP) is 4.71. The van der Waals surface area contributed by atoms with Crippen LogP contribution >= 0.6 is 0 Å². The number of aromatic nitrogens is 1. The third-order valence-electron chi connectivity index (χ3n) is 5.58. The Morgan fingerprint density at radius 1 is 0.704 bits per heavy atom. The summed E-state index contributed by atoms with van der Waals surface area (Å²) in [5, 5.41) is 0. The quantitative estimate of drug-likeness (QED) is 0.636. The van der Waals surface area contributed by atoms with Crippen molar-refractivity contribution >= 4 is 12.6 Å². The molecule has 136 valence electrons. The van der Waals surface area contributed by atoms with Crippen molar-refractivity contribution in [3.63, 3.8) is 0 Å². The van der Waals surface area contributed by atoms with Gasteiger partial charge in [0.15, 0.2) is 0 Å². The lowest BCUT2D eigenvalue weighted by Gasteiger charge is -2.32. The molecule has 0 saturated carbocycles. The Morgan fingerprint density at radius 3 is 2.00 bits per heavy atom. The molecule has 1 saturated heterocycles. The first-order valence-electron chi connectivity index (χ1n) is 9.33. The molecule has 0 bridgehead atoms. The van der Waals surface area contributed by atoms with Crippen LogP contribution in [0.2, 0.25) is 0 Å². The zero-order valence-electron chi connectivity index (χ0n) is 16.3. The van der Waals surface area contributed by atoms with Crippen molar-refractivity contribution in [2.24, 2.45) is 0 Å². The van der Waals surface area contributed by atoms with Crippen molar-refractivity contribution < 1.29 is 9.31 Å². The highest BCUT2D eigenvalue weighted by molar-refractivity contribution is 6.62. The monoisotopic (exact) mass is 357 g/mol. The van der Waals surface area contributed by atoms with Crippen molar-refractivity contribution in [2.45, 2.75) is 38.9 Å². The molecule has 27 heavy (non-hydrogen) atoms. The van der Waals surface area contributed by atoms with Crippen LogP contribution < -0.4 is 5.46 Å². The summed E-state index contributed by atoms with van der Waals surface area (Å²) < 4.78 is 12.4. The number of hydrogen-bond donors (Lipinski definition) is 0. The third-order valence-corrected chi connectivity index (χ3v) is 5.58. The maximum atomic E-state index is 6.18. The molecule has 0 N–H and O–H groups in total. The van der Waals surface area contributed by atoms with Crippen LogP contribution in [0.1, 0.15) is 27.7 Å². The van der Waals surface area contributed by atoms with E-state index in [1.54, 1.807) is 0 Å². The molecule has 1 fully saturated rings. The van der Waals surface area contributed by atoms with Crippen molar-refractivity contribution in [3.05, 3.63) is 72.9 Å². The molecule has 0 amide bonds. The van der Waals surface area contributed by atoms with Gasteiger partial charge in [0.2, 0.25) is 0 Å². The van der Waals surface area contributed by atoms with Gasteiger partial charge in [0.05, 0.1) is 16.9 Å². The van der Waals surface area contributed by atoms with Gasteiger partial charge in [-0.3, -0.25) is 4.98 Å². The molecule has 3 aromatic rings. The van der Waals surface area contributed by atoms with Gasteiger partial charge >= 0.3 is 7.12 Å². The Labute approximate surface area is 161 Å². The van der Waals surface area contributed by atoms with Crippen LogP contribution in [0.15, 0.2) is 72.9 Å². The van der Waals surface area contributed by atoms with Gasteiger partial charge in [-0.15, -0.1) is 0 Å². The highest BCUT2D eigenvalue weighted by Crippen LogP contribution is 2.36. The van der Waals surface area contributed by atoms with Gasteiger partial charge < -0.3 is 9.31 Å². The Bertz CT molecular complexity index is 920. The smallest absolute Gasteiger partial charge is 0.399 e. The molecular weight excluding hydrogens is 333 g/mol. The summed E-state index contributed by atoms with van der Waals surface area (Å²) in [7, 11) is -0.362. The molecule has 4 rings (SSSR count). The largest absolute Gasteiger partial charge is 0.494 e. The highest BCUT2D eigenvalue weighted by atomic mass is 16.7. The normalized spacial score (nSPS) is 17.9. The van der Waals surface area contributed by atoms with E-state index in [9.17, 15) is 0 Å². The maximum Gasteiger partial charge on any atom is 0.494 e. The second-order valence-corrected chi connectivity index (χ2v) is 8.01. The summed E-state index contributed by atoms with van der Waals surface area (Å²) in [5.41, 5.74) is 4.60. The zero-order valence-corrected chi connectivity index (χ0v) is 16.3. The summed E-state index contributed by atoms with van der Waals surface area (Å²) in [4.78, 5) is 4.67. The van der Waals surface area contributed by atoms with Crippen LogP contribution in [0.4, 0.5) is 0 Å². The Hall–Kier alpha value is -2.43. The van der Waals surface area contributed by atoms with Gasteiger partial charge in [-0.25, -0.2) is 0 Å². The second-order valence-electron chi connectivity index (χ2n) is 8.01. The zero-order chi connectivity index (χ0) is 19.1. The molecule has 0 radical (unpaired) electrons. The lowest BCUT2D eigenvalue weighted by atomic mass is 9.78. The fraction of sp³-hybridized carbons (Fsp3) is 0.261. The molecule has 4 heteroatoms. The Balaban J connectivity index is 1.60. The van der Waals surface area contributed by atoms with E-state index >= 15 is 0 Å². The van der Waals surface area contributed by atoms with Gasteiger partial charge in [-0.1, -0.05) is 60.7 Å². The molecule has 0 aliphatic carbocycles. The number of rotatable bonds is 3. The number of benzene rings is 2. The molecule has 1 aromatic heterocycles. The van der Waals surface area contributed by atoms with Gasteiger partial charge in [0, 0.05) is 11.8 Å². The minimum absolute atomic E-state index is 0.344. The topological polar surface area (TPSA) is 31.4 Å². The molecule has 2 heterocycles. The van der Waals surface area contributed by atoms with E-state index < -0.39 is 0 Å². The average molecular weight is 357 g/mol. The predicted molar refractivity (Wildman–Crippen MR) is 111 cm³/mol. The highest BCUT2D eigenvalue weighted by Gasteiger charge is 2.51. The van der Waals surface area contributed by atoms with E-state index in [4.69, 9.17) is 9.31 Å². The summed E-state index contributed by atoms with van der Waals surface area (Å²) in [6.07, 6.45) is 1.92. The number of hydrogen-bond acceptors (Lipinski definition) is 3. The molecular formula is C23H24BNO2. The van der Waals surface area contributed by atoms with Gasteiger partial charge in [-0.05, 0) is 50.4 Å². The van der Waals surface area contributed by atoms with Crippen molar-refractivity contribution in [3.8, 4) is 22.4 Å². The van der Waals surface area contributed by atoms with Crippen LogP contribution in [-0.2, 0) is 9.31 Å². The molecule has 3 nitrogen and oxygen atoms in total. The summed E-state index contributed by atoms with van der Waals surface area (Å²) in [5.74, 6) is 0. The summed E-state index contributed by atoms with van der Waals surface area (Å²) in [6, 6.07) is 22.7. The minimum Gasteiger partial charge on any atom is -0.399 e. The van der Waals surface area contributed by atoms with Crippen LogP contribution in [0, 0.1) is 0 Å². The first-order valence-corrected chi connectivity index (χ1v) is 9.33. The van der Waals surface area contributed by atoms with Crippen LogP contribution in [0.25, 0.3) is 22.4 Å². The van der Waals surface area contributed by atoms with Gasteiger partial charge in [0.1, 0.15) is 0 Å². The SMILES string of the molecule is CC1(C)OB(c2cccc(-c3ccc(-c4ccccc4)cn3)c2)OC1(C)C. The lowest BCUT2D eigenvalue weighted by Crippen LogP contribution is -2.41. The van der Waals surface area contributed by atoms with Crippen molar-refractivity contribution in [1.29, 1.82) is 0 Å². The lowest BCUT2D eigenvalue weighted by molar-refractivity contribution is 0.00578. The third kappa shape index (κ3) is 3.43. The molecule has 2 aromatic carbocycles. The maximum absolute atomic E-state index is 6.18. The van der Waals surface area contributed by atoms with E-state index in [0.29, 0.717) is 0 Å². The number of pyridine rings is 1. The van der Waals surface area contributed by atoms with Crippen LogP contribution in [0.3, 0.4) is 0 Å². The second kappa shape index (κ2) is 6.63. The van der Waals surface area contributed by atoms with E-state index in [0.717, 1.165) is 22.3 Å². The number of nitrogens with zero attached hydrogens (tertiary/aromatic N) is 1. The van der Waals surface area contributed by atoms with Crippen molar-refractivity contribution in [2.75, 3.05) is 0 Å². The average Bonchev–Trinajstić information content (AvgIpc) is 2.90. The fourth-order valence-electron chi connectivity index (χ4n) is 3.19. The van der Waals surface area contributed by atoms with Crippen LogP contribution in [-0.4, -0.2) is 23.3 Å². The molecule has 1 aliphatic heterocycles. The first-order chi connectivity index (χ1) is 12.9. The standard InChI is InChI=1S/C23H24BNO2/c1-22(2)23(3,4)27-24(26-22)20-12-8-11-18(15-20)21-14-13-19(16-25-21)17-9-6-5-7-10-17/h5-16H,1-4H3. The summed E-state index contributed by atoms with van der Waals surface area (Å²) in [6.45, 7) is 8.28. The molecule has 1 aliphatic rings. The van der Waals surface area contributed by atoms with Gasteiger partial charge in [0.25, 0.3) is 0 Å². The first kappa shape index (κ1) is 18.0. The van der Waals surface area contributed by atoms with E-state index in [1.165, 1.54) is 5.56 Å². The van der Waals surface area contributed by atoms with Gasteiger partial charge in [-0.2, -0.15) is 0 Å².